The van der Waals surface area contributed by atoms with Gasteiger partial charge >= 0.3 is 0 Å². The zero-order valence-corrected chi connectivity index (χ0v) is 18.8. The molecule has 0 unspecified atom stereocenters. The first kappa shape index (κ1) is 21.7. The molecule has 0 aliphatic carbocycles. The van der Waals surface area contributed by atoms with Crippen LogP contribution in [-0.2, 0) is 6.54 Å². The third-order valence-electron chi connectivity index (χ3n) is 4.99. The Morgan fingerprint density at radius 1 is 1.22 bits per heavy atom. The monoisotopic (exact) mass is 482 g/mol. The maximum Gasteiger partial charge on any atom is 0.191 e. The predicted molar refractivity (Wildman–Crippen MR) is 122 cm³/mol. The molecule has 1 aliphatic rings. The van der Waals surface area contributed by atoms with Gasteiger partial charge in [0.05, 0.1) is 5.69 Å². The highest BCUT2D eigenvalue weighted by Gasteiger charge is 2.21. The second-order valence-electron chi connectivity index (χ2n) is 7.09. The van der Waals surface area contributed by atoms with E-state index in [-0.39, 0.29) is 24.0 Å². The van der Waals surface area contributed by atoms with Crippen molar-refractivity contribution in [2.24, 2.45) is 4.99 Å². The van der Waals surface area contributed by atoms with E-state index in [9.17, 15) is 0 Å². The summed E-state index contributed by atoms with van der Waals surface area (Å²) < 4.78 is 1.86. The number of benzene rings is 1. The summed E-state index contributed by atoms with van der Waals surface area (Å²) in [6, 6.07) is 11.5. The number of nitrogens with one attached hydrogen (secondary N) is 2. The Morgan fingerprint density at radius 2 is 1.93 bits per heavy atom. The lowest BCUT2D eigenvalue weighted by Gasteiger charge is -2.35. The van der Waals surface area contributed by atoms with Crippen molar-refractivity contribution in [2.45, 2.75) is 45.3 Å². The molecule has 2 N–H and O–H groups in total. The van der Waals surface area contributed by atoms with Gasteiger partial charge in [-0.3, -0.25) is 4.99 Å². The van der Waals surface area contributed by atoms with Crippen LogP contribution in [0.1, 0.15) is 32.3 Å². The van der Waals surface area contributed by atoms with Gasteiger partial charge in [-0.05, 0) is 50.5 Å². The van der Waals surface area contributed by atoms with Crippen molar-refractivity contribution in [1.29, 1.82) is 0 Å². The van der Waals surface area contributed by atoms with Gasteiger partial charge in [0.2, 0.25) is 0 Å². The van der Waals surface area contributed by atoms with Gasteiger partial charge in [-0.2, -0.15) is 5.10 Å². The molecule has 0 radical (unpaired) electrons. The van der Waals surface area contributed by atoms with Crippen molar-refractivity contribution in [2.75, 3.05) is 20.1 Å². The maximum absolute atomic E-state index is 4.38. The average molecular weight is 482 g/mol. The van der Waals surface area contributed by atoms with Crippen LogP contribution in [0.4, 0.5) is 0 Å². The lowest BCUT2D eigenvalue weighted by atomic mass is 10.0. The Balaban J connectivity index is 0.00000261. The molecule has 0 bridgehead atoms. The summed E-state index contributed by atoms with van der Waals surface area (Å²) in [6.07, 6.45) is 6.06. The number of hydrogen-bond acceptors (Lipinski definition) is 3. The molecule has 6 nitrogen and oxygen atoms in total. The summed E-state index contributed by atoms with van der Waals surface area (Å²) in [6.45, 7) is 7.60. The van der Waals surface area contributed by atoms with Crippen LogP contribution >= 0.6 is 24.0 Å². The number of halogens is 1. The molecule has 1 aromatic heterocycles. The molecule has 148 valence electrons. The van der Waals surface area contributed by atoms with E-state index in [1.807, 2.05) is 24.0 Å². The number of hydrogen-bond donors (Lipinski definition) is 2. The first-order valence-electron chi connectivity index (χ1n) is 9.46. The van der Waals surface area contributed by atoms with Crippen LogP contribution in [0.15, 0.2) is 47.7 Å². The number of aromatic nitrogens is 2. The van der Waals surface area contributed by atoms with Gasteiger partial charge in [-0.15, -0.1) is 24.0 Å². The first-order chi connectivity index (χ1) is 12.7. The molecule has 1 aromatic carbocycles. The molecule has 0 saturated carbocycles. The SMILES string of the molecule is CN=C(NCc1ccc(-n2cccn2)cc1)NC1CCN(C(C)C)CC1.I. The fourth-order valence-electron chi connectivity index (χ4n) is 3.32. The van der Waals surface area contributed by atoms with E-state index >= 15 is 0 Å². The standard InChI is InChI=1S/C20H30N6.HI/c1-16(2)25-13-9-18(10-14-25)24-20(21-3)22-15-17-5-7-19(8-6-17)26-12-4-11-23-26;/h4-8,11-12,16,18H,9-10,13-15H2,1-3H3,(H2,21,22,24);1H. The molecular weight excluding hydrogens is 451 g/mol. The first-order valence-corrected chi connectivity index (χ1v) is 9.46. The zero-order chi connectivity index (χ0) is 18.4. The van der Waals surface area contributed by atoms with Crippen molar-refractivity contribution in [3.8, 4) is 5.69 Å². The summed E-state index contributed by atoms with van der Waals surface area (Å²) in [5, 5.41) is 11.2. The number of nitrogens with zero attached hydrogens (tertiary/aromatic N) is 4. The molecule has 1 fully saturated rings. The van der Waals surface area contributed by atoms with Gasteiger partial charge < -0.3 is 15.5 Å². The number of aliphatic imine (C=N–C) groups is 1. The number of rotatable bonds is 5. The van der Waals surface area contributed by atoms with E-state index in [4.69, 9.17) is 0 Å². The van der Waals surface area contributed by atoms with Gasteiger partial charge in [0.1, 0.15) is 0 Å². The molecule has 3 rings (SSSR count). The summed E-state index contributed by atoms with van der Waals surface area (Å²) in [5.41, 5.74) is 2.29. The van der Waals surface area contributed by atoms with E-state index in [1.54, 1.807) is 6.20 Å². The summed E-state index contributed by atoms with van der Waals surface area (Å²) >= 11 is 0. The van der Waals surface area contributed by atoms with Gasteiger partial charge in [0, 0.05) is 51.2 Å². The Labute approximate surface area is 179 Å². The van der Waals surface area contributed by atoms with Gasteiger partial charge in [-0.25, -0.2) is 4.68 Å². The van der Waals surface area contributed by atoms with Crippen molar-refractivity contribution < 1.29 is 0 Å². The zero-order valence-electron chi connectivity index (χ0n) is 16.4. The van der Waals surface area contributed by atoms with Gasteiger partial charge in [0.25, 0.3) is 0 Å². The lowest BCUT2D eigenvalue weighted by molar-refractivity contribution is 0.167. The summed E-state index contributed by atoms with van der Waals surface area (Å²) in [7, 11) is 1.83. The highest BCUT2D eigenvalue weighted by Crippen LogP contribution is 2.13. The second-order valence-corrected chi connectivity index (χ2v) is 7.09. The third-order valence-corrected chi connectivity index (χ3v) is 4.99. The molecule has 2 aromatic rings. The minimum atomic E-state index is 0. The highest BCUT2D eigenvalue weighted by molar-refractivity contribution is 14.0. The largest absolute Gasteiger partial charge is 0.354 e. The van der Waals surface area contributed by atoms with Crippen molar-refractivity contribution in [3.05, 3.63) is 48.3 Å². The Kier molecular flexibility index (Phi) is 8.56. The molecule has 0 atom stereocenters. The van der Waals surface area contributed by atoms with Crippen LogP contribution in [0.25, 0.3) is 5.69 Å². The van der Waals surface area contributed by atoms with Crippen molar-refractivity contribution in [3.63, 3.8) is 0 Å². The molecule has 1 saturated heterocycles. The fourth-order valence-corrected chi connectivity index (χ4v) is 3.32. The highest BCUT2D eigenvalue weighted by atomic mass is 127. The van der Waals surface area contributed by atoms with E-state index in [1.165, 1.54) is 5.56 Å². The lowest BCUT2D eigenvalue weighted by Crippen LogP contribution is -2.49. The maximum atomic E-state index is 4.38. The minimum Gasteiger partial charge on any atom is -0.354 e. The Hall–Kier alpha value is -1.61. The molecule has 27 heavy (non-hydrogen) atoms. The molecule has 0 amide bonds. The Bertz CT molecular complexity index is 688. The number of likely N-dealkylation sites (tertiary alicyclic amines) is 1. The van der Waals surface area contributed by atoms with Crippen molar-refractivity contribution in [1.82, 2.24) is 25.3 Å². The topological polar surface area (TPSA) is 57.5 Å². The second kappa shape index (κ2) is 10.7. The van der Waals surface area contributed by atoms with Crippen LogP contribution < -0.4 is 10.6 Å². The summed E-state index contributed by atoms with van der Waals surface area (Å²) in [5.74, 6) is 0.879. The average Bonchev–Trinajstić information content (AvgIpc) is 3.20. The molecule has 2 heterocycles. The predicted octanol–water partition coefficient (Wildman–Crippen LogP) is 3.03. The van der Waals surface area contributed by atoms with Crippen molar-refractivity contribution >= 4 is 29.9 Å². The van der Waals surface area contributed by atoms with Crippen LogP contribution in [0.2, 0.25) is 0 Å². The molecule has 0 spiro atoms. The van der Waals surface area contributed by atoms with Gasteiger partial charge in [-0.1, -0.05) is 12.1 Å². The van der Waals surface area contributed by atoms with Gasteiger partial charge in [0.15, 0.2) is 5.96 Å². The molecule has 7 heteroatoms. The van der Waals surface area contributed by atoms with E-state index in [0.29, 0.717) is 12.1 Å². The van der Waals surface area contributed by atoms with Crippen LogP contribution in [0.3, 0.4) is 0 Å². The van der Waals surface area contributed by atoms with E-state index in [0.717, 1.165) is 44.1 Å². The van der Waals surface area contributed by atoms with E-state index < -0.39 is 0 Å². The fraction of sp³-hybridized carbons (Fsp3) is 0.500. The van der Waals surface area contributed by atoms with Crippen LogP contribution in [-0.4, -0.2) is 52.9 Å². The molecular formula is C20H31IN6. The molecule has 1 aliphatic heterocycles. The smallest absolute Gasteiger partial charge is 0.191 e. The number of piperidine rings is 1. The third kappa shape index (κ3) is 6.21. The van der Waals surface area contributed by atoms with E-state index in [2.05, 4.69) is 63.7 Å². The van der Waals surface area contributed by atoms with Crippen LogP contribution in [0.5, 0.6) is 0 Å². The number of guanidine groups is 1. The van der Waals surface area contributed by atoms with Crippen LogP contribution in [0, 0.1) is 0 Å². The Morgan fingerprint density at radius 3 is 2.48 bits per heavy atom. The normalized spacial score (nSPS) is 16.2. The summed E-state index contributed by atoms with van der Waals surface area (Å²) in [4.78, 5) is 6.91. The minimum absolute atomic E-state index is 0. The quantitative estimate of drug-likeness (QED) is 0.391.